The minimum absolute atomic E-state index is 0.0364. The molecule has 0 radical (unpaired) electrons. The molecule has 12 heavy (non-hydrogen) atoms. The Labute approximate surface area is 80.6 Å². The molecule has 0 aliphatic carbocycles. The van der Waals surface area contributed by atoms with Gasteiger partial charge in [-0.1, -0.05) is 0 Å². The third kappa shape index (κ3) is 3.00. The Morgan fingerprint density at radius 3 is 2.75 bits per heavy atom. The summed E-state index contributed by atoms with van der Waals surface area (Å²) in [6, 6.07) is 0. The van der Waals surface area contributed by atoms with Crippen LogP contribution in [0.4, 0.5) is 0 Å². The van der Waals surface area contributed by atoms with Gasteiger partial charge >= 0.3 is 7.12 Å². The van der Waals surface area contributed by atoms with Gasteiger partial charge in [0.2, 0.25) is 0 Å². The second kappa shape index (κ2) is 4.03. The first-order valence-corrected chi connectivity index (χ1v) is 5.11. The molecular formula is C8H17BO2S. The number of rotatable bonds is 2. The van der Waals surface area contributed by atoms with Crippen molar-refractivity contribution in [3.8, 4) is 0 Å². The smallest absolute Gasteiger partial charge is 0.409 e. The van der Waals surface area contributed by atoms with Crippen LogP contribution in [-0.4, -0.2) is 24.6 Å². The average molecular weight is 188 g/mol. The fourth-order valence-electron chi connectivity index (χ4n) is 1.66. The molecule has 0 aromatic carbocycles. The van der Waals surface area contributed by atoms with Gasteiger partial charge < -0.3 is 9.31 Å². The summed E-state index contributed by atoms with van der Waals surface area (Å²) in [6.07, 6.45) is 2.14. The van der Waals surface area contributed by atoms with Crippen LogP contribution >= 0.6 is 12.6 Å². The summed E-state index contributed by atoms with van der Waals surface area (Å²) in [5.74, 6) is 0.813. The summed E-state index contributed by atoms with van der Waals surface area (Å²) in [5.41, 5.74) is -0.0364. The summed E-state index contributed by atoms with van der Waals surface area (Å²) in [6.45, 7) is 6.31. The van der Waals surface area contributed by atoms with Gasteiger partial charge in [0.15, 0.2) is 0 Å². The van der Waals surface area contributed by atoms with Crippen LogP contribution in [0.2, 0.25) is 6.32 Å². The molecule has 0 bridgehead atoms. The van der Waals surface area contributed by atoms with Crippen molar-refractivity contribution in [1.29, 1.82) is 0 Å². The van der Waals surface area contributed by atoms with E-state index in [1.165, 1.54) is 0 Å². The van der Waals surface area contributed by atoms with Gasteiger partial charge in [0.1, 0.15) is 0 Å². The van der Waals surface area contributed by atoms with Crippen molar-refractivity contribution in [3.05, 3.63) is 0 Å². The lowest BCUT2D eigenvalue weighted by Gasteiger charge is -2.38. The van der Waals surface area contributed by atoms with Crippen molar-refractivity contribution in [2.75, 3.05) is 5.75 Å². The van der Waals surface area contributed by atoms with Crippen LogP contribution in [0.1, 0.15) is 27.2 Å². The van der Waals surface area contributed by atoms with Gasteiger partial charge in [-0.05, 0) is 39.3 Å². The Morgan fingerprint density at radius 1 is 1.58 bits per heavy atom. The van der Waals surface area contributed by atoms with Crippen LogP contribution < -0.4 is 0 Å². The zero-order valence-electron chi connectivity index (χ0n) is 8.04. The average Bonchev–Trinajstić information content (AvgIpc) is 1.82. The Bertz CT molecular complexity index is 152. The Balaban J connectivity index is 2.46. The minimum atomic E-state index is -0.0544. The molecule has 0 aromatic rings. The van der Waals surface area contributed by atoms with E-state index in [1.807, 2.05) is 0 Å². The first-order chi connectivity index (χ1) is 5.53. The Morgan fingerprint density at radius 2 is 2.25 bits per heavy atom. The standard InChI is InChI=1S/C8H17BO2S/c1-7-6-8(2,3)11-9(10-7)4-5-12/h7,12H,4-6H2,1-3H3. The van der Waals surface area contributed by atoms with E-state index in [2.05, 4.69) is 33.4 Å². The summed E-state index contributed by atoms with van der Waals surface area (Å²) < 4.78 is 11.3. The van der Waals surface area contributed by atoms with Gasteiger partial charge in [0, 0.05) is 6.10 Å². The third-order valence-electron chi connectivity index (χ3n) is 1.98. The Hall–Kier alpha value is 0.335. The highest BCUT2D eigenvalue weighted by Crippen LogP contribution is 2.26. The van der Waals surface area contributed by atoms with Gasteiger partial charge in [0.05, 0.1) is 5.60 Å². The van der Waals surface area contributed by atoms with Crippen LogP contribution in [0.15, 0.2) is 0 Å². The molecule has 1 unspecified atom stereocenters. The van der Waals surface area contributed by atoms with Gasteiger partial charge in [-0.25, -0.2) is 0 Å². The fourth-order valence-corrected chi connectivity index (χ4v) is 1.87. The first kappa shape index (κ1) is 10.4. The van der Waals surface area contributed by atoms with E-state index in [1.54, 1.807) is 0 Å². The highest BCUT2D eigenvalue weighted by Gasteiger charge is 2.35. The zero-order valence-corrected chi connectivity index (χ0v) is 8.93. The summed E-state index contributed by atoms with van der Waals surface area (Å²) in [5, 5.41) is 0. The van der Waals surface area contributed by atoms with Crippen LogP contribution in [-0.2, 0) is 9.31 Å². The number of thiol groups is 1. The molecular weight excluding hydrogens is 171 g/mol. The van der Waals surface area contributed by atoms with Crippen LogP contribution in [0, 0.1) is 0 Å². The van der Waals surface area contributed by atoms with E-state index in [-0.39, 0.29) is 12.7 Å². The van der Waals surface area contributed by atoms with Crippen LogP contribution in [0.5, 0.6) is 0 Å². The molecule has 70 valence electrons. The maximum Gasteiger partial charge on any atom is 0.458 e. The van der Waals surface area contributed by atoms with E-state index in [4.69, 9.17) is 9.31 Å². The summed E-state index contributed by atoms with van der Waals surface area (Å²) >= 11 is 4.16. The maximum atomic E-state index is 5.71. The highest BCUT2D eigenvalue weighted by molar-refractivity contribution is 7.80. The second-order valence-corrected chi connectivity index (χ2v) is 4.42. The van der Waals surface area contributed by atoms with Crippen molar-refractivity contribution in [3.63, 3.8) is 0 Å². The van der Waals surface area contributed by atoms with Crippen LogP contribution in [0.25, 0.3) is 0 Å². The molecule has 1 aliphatic rings. The lowest BCUT2D eigenvalue weighted by Crippen LogP contribution is -2.45. The lowest BCUT2D eigenvalue weighted by molar-refractivity contribution is -0.0281. The van der Waals surface area contributed by atoms with E-state index in [0.29, 0.717) is 6.10 Å². The molecule has 4 heteroatoms. The van der Waals surface area contributed by atoms with Gasteiger partial charge in [-0.2, -0.15) is 12.6 Å². The SMILES string of the molecule is CC1CC(C)(C)OB(CCS)O1. The van der Waals surface area contributed by atoms with E-state index in [9.17, 15) is 0 Å². The largest absolute Gasteiger partial charge is 0.458 e. The van der Waals surface area contributed by atoms with Crippen LogP contribution in [0.3, 0.4) is 0 Å². The number of hydrogen-bond acceptors (Lipinski definition) is 3. The molecule has 1 rings (SSSR count). The summed E-state index contributed by atoms with van der Waals surface area (Å²) in [4.78, 5) is 0. The van der Waals surface area contributed by atoms with Crippen molar-refractivity contribution < 1.29 is 9.31 Å². The van der Waals surface area contributed by atoms with Gasteiger partial charge in [0.25, 0.3) is 0 Å². The topological polar surface area (TPSA) is 18.5 Å². The number of hydrogen-bond donors (Lipinski definition) is 1. The van der Waals surface area contributed by atoms with Gasteiger partial charge in [-0.15, -0.1) is 0 Å². The van der Waals surface area contributed by atoms with Crippen molar-refractivity contribution in [2.45, 2.75) is 45.2 Å². The second-order valence-electron chi connectivity index (χ2n) is 3.97. The molecule has 0 spiro atoms. The van der Waals surface area contributed by atoms with Crippen molar-refractivity contribution in [2.24, 2.45) is 0 Å². The predicted octanol–water partition coefficient (Wildman–Crippen LogP) is 2.01. The van der Waals surface area contributed by atoms with E-state index < -0.39 is 0 Å². The molecule has 1 saturated heterocycles. The lowest BCUT2D eigenvalue weighted by atomic mass is 9.80. The predicted molar refractivity (Wildman–Crippen MR) is 54.7 cm³/mol. The van der Waals surface area contributed by atoms with Crippen molar-refractivity contribution >= 4 is 19.7 Å². The fraction of sp³-hybridized carbons (Fsp3) is 1.00. The Kier molecular flexibility index (Phi) is 3.50. The molecule has 0 saturated carbocycles. The zero-order chi connectivity index (χ0) is 9.19. The van der Waals surface area contributed by atoms with E-state index in [0.717, 1.165) is 18.5 Å². The summed E-state index contributed by atoms with van der Waals surface area (Å²) in [7, 11) is -0.0544. The normalized spacial score (nSPS) is 29.0. The molecule has 0 amide bonds. The molecule has 1 atom stereocenters. The monoisotopic (exact) mass is 188 g/mol. The molecule has 2 nitrogen and oxygen atoms in total. The quantitative estimate of drug-likeness (QED) is 0.527. The molecule has 1 aliphatic heterocycles. The van der Waals surface area contributed by atoms with E-state index >= 15 is 0 Å². The van der Waals surface area contributed by atoms with Crippen molar-refractivity contribution in [1.82, 2.24) is 0 Å². The molecule has 1 fully saturated rings. The third-order valence-corrected chi connectivity index (χ3v) is 2.24. The highest BCUT2D eigenvalue weighted by atomic mass is 32.1. The maximum absolute atomic E-state index is 5.71. The molecule has 1 heterocycles. The molecule has 0 N–H and O–H groups in total. The van der Waals surface area contributed by atoms with Gasteiger partial charge in [-0.3, -0.25) is 0 Å². The molecule has 0 aromatic heterocycles. The minimum Gasteiger partial charge on any atom is -0.409 e. The first-order valence-electron chi connectivity index (χ1n) is 4.47.